The predicted octanol–water partition coefficient (Wildman–Crippen LogP) is 1.18. The summed E-state index contributed by atoms with van der Waals surface area (Å²) in [6.45, 7) is 0.754. The molecule has 0 aliphatic heterocycles. The fraction of sp³-hybridized carbons (Fsp3) is 0.444. The van der Waals surface area contributed by atoms with Crippen LogP contribution in [-0.4, -0.2) is 32.2 Å². The molecule has 80 valence electrons. The SMILES string of the molecule is NCCCCSc1ncnc2nc[nH]c12. The Morgan fingerprint density at radius 2 is 2.20 bits per heavy atom. The quantitative estimate of drug-likeness (QED) is 0.452. The first-order chi connectivity index (χ1) is 7.42. The zero-order valence-corrected chi connectivity index (χ0v) is 9.13. The second kappa shape index (κ2) is 5.09. The molecule has 6 heteroatoms. The fourth-order valence-corrected chi connectivity index (χ4v) is 2.23. The molecular weight excluding hydrogens is 210 g/mol. The van der Waals surface area contributed by atoms with Gasteiger partial charge in [0.1, 0.15) is 16.9 Å². The lowest BCUT2D eigenvalue weighted by atomic mass is 10.3. The summed E-state index contributed by atoms with van der Waals surface area (Å²) in [7, 11) is 0. The average molecular weight is 223 g/mol. The number of H-pyrrole nitrogens is 1. The maximum atomic E-state index is 5.43. The summed E-state index contributed by atoms with van der Waals surface area (Å²) in [5, 5.41) is 0.967. The van der Waals surface area contributed by atoms with E-state index in [9.17, 15) is 0 Å². The molecule has 0 aromatic carbocycles. The van der Waals surface area contributed by atoms with Gasteiger partial charge in [-0.05, 0) is 25.1 Å². The lowest BCUT2D eigenvalue weighted by Gasteiger charge is -2.00. The molecule has 5 nitrogen and oxygen atoms in total. The molecule has 2 aromatic rings. The normalized spacial score (nSPS) is 11.0. The van der Waals surface area contributed by atoms with Crippen LogP contribution in [0, 0.1) is 0 Å². The Labute approximate surface area is 91.9 Å². The van der Waals surface area contributed by atoms with Crippen molar-refractivity contribution in [1.29, 1.82) is 0 Å². The molecule has 0 saturated heterocycles. The highest BCUT2D eigenvalue weighted by Gasteiger charge is 2.05. The van der Waals surface area contributed by atoms with Crippen molar-refractivity contribution < 1.29 is 0 Å². The Balaban J connectivity index is 2.04. The Hall–Kier alpha value is -1.14. The van der Waals surface area contributed by atoms with Crippen LogP contribution in [0.2, 0.25) is 0 Å². The van der Waals surface area contributed by atoms with E-state index in [1.807, 2.05) is 0 Å². The number of nitrogens with one attached hydrogen (secondary N) is 1. The van der Waals surface area contributed by atoms with Gasteiger partial charge < -0.3 is 10.7 Å². The number of rotatable bonds is 5. The third kappa shape index (κ3) is 2.45. The Bertz CT molecular complexity index is 427. The predicted molar refractivity (Wildman–Crippen MR) is 60.7 cm³/mol. The summed E-state index contributed by atoms with van der Waals surface area (Å²) < 4.78 is 0. The zero-order valence-electron chi connectivity index (χ0n) is 8.31. The van der Waals surface area contributed by atoms with Gasteiger partial charge in [-0.2, -0.15) is 0 Å². The maximum Gasteiger partial charge on any atom is 0.181 e. The summed E-state index contributed by atoms with van der Waals surface area (Å²) >= 11 is 1.72. The molecule has 0 fully saturated rings. The van der Waals surface area contributed by atoms with Crippen LogP contribution in [-0.2, 0) is 0 Å². The second-order valence-corrected chi connectivity index (χ2v) is 4.21. The van der Waals surface area contributed by atoms with Gasteiger partial charge in [-0.15, -0.1) is 11.8 Å². The minimum atomic E-state index is 0.728. The largest absolute Gasteiger partial charge is 0.341 e. The van der Waals surface area contributed by atoms with Crippen LogP contribution in [0.25, 0.3) is 11.2 Å². The second-order valence-electron chi connectivity index (χ2n) is 3.12. The van der Waals surface area contributed by atoms with Gasteiger partial charge in [-0.25, -0.2) is 15.0 Å². The smallest absolute Gasteiger partial charge is 0.181 e. The van der Waals surface area contributed by atoms with Gasteiger partial charge in [0.2, 0.25) is 0 Å². The lowest BCUT2D eigenvalue weighted by Crippen LogP contribution is -1.98. The number of thioether (sulfide) groups is 1. The summed E-state index contributed by atoms with van der Waals surface area (Å²) in [4.78, 5) is 15.4. The molecule has 0 aliphatic rings. The van der Waals surface area contributed by atoms with E-state index in [-0.39, 0.29) is 0 Å². The molecule has 0 unspecified atom stereocenters. The van der Waals surface area contributed by atoms with Crippen LogP contribution in [0.3, 0.4) is 0 Å². The van der Waals surface area contributed by atoms with Gasteiger partial charge in [0.15, 0.2) is 5.65 Å². The highest BCUT2D eigenvalue weighted by atomic mass is 32.2. The number of imidazole rings is 1. The van der Waals surface area contributed by atoms with Crippen LogP contribution in [0.1, 0.15) is 12.8 Å². The average Bonchev–Trinajstić information content (AvgIpc) is 2.73. The summed E-state index contributed by atoms with van der Waals surface area (Å²) in [6, 6.07) is 0. The van der Waals surface area contributed by atoms with E-state index in [4.69, 9.17) is 5.73 Å². The lowest BCUT2D eigenvalue weighted by molar-refractivity contribution is 0.814. The molecule has 0 radical (unpaired) electrons. The molecule has 15 heavy (non-hydrogen) atoms. The van der Waals surface area contributed by atoms with E-state index in [1.54, 1.807) is 24.4 Å². The van der Waals surface area contributed by atoms with E-state index >= 15 is 0 Å². The minimum absolute atomic E-state index is 0.728. The van der Waals surface area contributed by atoms with Crippen molar-refractivity contribution in [2.75, 3.05) is 12.3 Å². The van der Waals surface area contributed by atoms with Crippen LogP contribution in [0.15, 0.2) is 17.7 Å². The van der Waals surface area contributed by atoms with E-state index in [2.05, 4.69) is 19.9 Å². The molecule has 0 atom stereocenters. The first-order valence-electron chi connectivity index (χ1n) is 4.89. The standard InChI is InChI=1S/C9H13N5S/c10-3-1-2-4-15-9-7-8(12-5-11-7)13-6-14-9/h5-6H,1-4,10H2,(H,11,12,13,14). The van der Waals surface area contributed by atoms with Crippen molar-refractivity contribution in [3.8, 4) is 0 Å². The first kappa shape index (κ1) is 10.4. The van der Waals surface area contributed by atoms with Crippen LogP contribution in [0.5, 0.6) is 0 Å². The van der Waals surface area contributed by atoms with Gasteiger partial charge in [-0.3, -0.25) is 0 Å². The number of nitrogens with zero attached hydrogens (tertiary/aromatic N) is 3. The molecule has 3 N–H and O–H groups in total. The first-order valence-corrected chi connectivity index (χ1v) is 5.87. The van der Waals surface area contributed by atoms with Gasteiger partial charge in [0, 0.05) is 0 Å². The topological polar surface area (TPSA) is 80.5 Å². The van der Waals surface area contributed by atoms with Gasteiger partial charge >= 0.3 is 0 Å². The van der Waals surface area contributed by atoms with E-state index in [0.717, 1.165) is 41.3 Å². The fourth-order valence-electron chi connectivity index (χ4n) is 1.27. The molecular formula is C9H13N5S. The number of hydrogen-bond acceptors (Lipinski definition) is 5. The highest BCUT2D eigenvalue weighted by Crippen LogP contribution is 2.22. The molecule has 0 aliphatic carbocycles. The molecule has 2 heterocycles. The number of nitrogens with two attached hydrogens (primary N) is 1. The summed E-state index contributed by atoms with van der Waals surface area (Å²) in [6.07, 6.45) is 5.36. The van der Waals surface area contributed by atoms with Gasteiger partial charge in [0.25, 0.3) is 0 Å². The van der Waals surface area contributed by atoms with Crippen molar-refractivity contribution in [2.24, 2.45) is 5.73 Å². The molecule has 0 amide bonds. The van der Waals surface area contributed by atoms with Crippen molar-refractivity contribution in [1.82, 2.24) is 19.9 Å². The minimum Gasteiger partial charge on any atom is -0.341 e. The van der Waals surface area contributed by atoms with Crippen LogP contribution >= 0.6 is 11.8 Å². The monoisotopic (exact) mass is 223 g/mol. The van der Waals surface area contributed by atoms with Crippen molar-refractivity contribution >= 4 is 22.9 Å². The van der Waals surface area contributed by atoms with Crippen LogP contribution < -0.4 is 5.73 Å². The number of fused-ring (bicyclic) bond motifs is 1. The summed E-state index contributed by atoms with van der Waals surface area (Å²) in [5.41, 5.74) is 7.09. The van der Waals surface area contributed by atoms with Gasteiger partial charge in [-0.1, -0.05) is 0 Å². The van der Waals surface area contributed by atoms with Crippen LogP contribution in [0.4, 0.5) is 0 Å². The Morgan fingerprint density at radius 3 is 3.07 bits per heavy atom. The van der Waals surface area contributed by atoms with Gasteiger partial charge in [0.05, 0.1) is 6.33 Å². The zero-order chi connectivity index (χ0) is 10.5. The Morgan fingerprint density at radius 1 is 1.27 bits per heavy atom. The molecule has 0 spiro atoms. The molecule has 2 aromatic heterocycles. The van der Waals surface area contributed by atoms with E-state index in [0.29, 0.717) is 0 Å². The third-order valence-electron chi connectivity index (χ3n) is 2.03. The molecule has 0 bridgehead atoms. The highest BCUT2D eigenvalue weighted by molar-refractivity contribution is 7.99. The molecule has 0 saturated carbocycles. The summed E-state index contributed by atoms with van der Waals surface area (Å²) in [5.74, 6) is 1.03. The van der Waals surface area contributed by atoms with Crippen molar-refractivity contribution in [3.63, 3.8) is 0 Å². The number of aromatic amines is 1. The third-order valence-corrected chi connectivity index (χ3v) is 3.10. The maximum absolute atomic E-state index is 5.43. The van der Waals surface area contributed by atoms with E-state index < -0.39 is 0 Å². The van der Waals surface area contributed by atoms with Crippen molar-refractivity contribution in [2.45, 2.75) is 17.9 Å². The number of unbranched alkanes of at least 4 members (excludes halogenated alkanes) is 1. The van der Waals surface area contributed by atoms with Crippen molar-refractivity contribution in [3.05, 3.63) is 12.7 Å². The number of hydrogen-bond donors (Lipinski definition) is 2. The Kier molecular flexibility index (Phi) is 3.52. The van der Waals surface area contributed by atoms with E-state index in [1.165, 1.54) is 0 Å². The number of aromatic nitrogens is 4. The molecule has 2 rings (SSSR count).